The van der Waals surface area contributed by atoms with E-state index in [0.29, 0.717) is 10.0 Å². The summed E-state index contributed by atoms with van der Waals surface area (Å²) in [6.07, 6.45) is -0.785. The Bertz CT molecular complexity index is 368. The first kappa shape index (κ1) is 12.1. The third-order valence-corrected chi connectivity index (χ3v) is 2.53. The number of carbonyl (C=O) groups is 1. The number of amides is 1. The highest BCUT2D eigenvalue weighted by molar-refractivity contribution is 6.35. The fraction of sp³-hybridized carbons (Fsp3) is 0.300. The van der Waals surface area contributed by atoms with Gasteiger partial charge in [-0.05, 0) is 17.7 Å². The molecule has 0 aromatic heterocycles. The van der Waals surface area contributed by atoms with Crippen LogP contribution in [0.4, 0.5) is 4.79 Å². The number of benzene rings is 1. The van der Waals surface area contributed by atoms with Crippen molar-refractivity contribution in [2.75, 3.05) is 6.61 Å². The van der Waals surface area contributed by atoms with Crippen molar-refractivity contribution in [3.8, 4) is 0 Å². The van der Waals surface area contributed by atoms with E-state index in [1.807, 2.05) is 6.92 Å². The van der Waals surface area contributed by atoms with Gasteiger partial charge in [0, 0.05) is 16.0 Å². The zero-order chi connectivity index (χ0) is 11.4. The van der Waals surface area contributed by atoms with Crippen molar-refractivity contribution in [2.45, 2.75) is 12.8 Å². The van der Waals surface area contributed by atoms with E-state index in [0.717, 1.165) is 5.56 Å². The summed E-state index contributed by atoms with van der Waals surface area (Å²) in [4.78, 5) is 10.4. The van der Waals surface area contributed by atoms with Crippen LogP contribution < -0.4 is 5.73 Å². The summed E-state index contributed by atoms with van der Waals surface area (Å²) < 4.78 is 4.69. The summed E-state index contributed by atoms with van der Waals surface area (Å²) in [6, 6.07) is 5.20. The highest BCUT2D eigenvalue weighted by atomic mass is 35.5. The van der Waals surface area contributed by atoms with Crippen molar-refractivity contribution in [3.05, 3.63) is 33.8 Å². The molecule has 0 aliphatic heterocycles. The van der Waals surface area contributed by atoms with Crippen LogP contribution in [0.2, 0.25) is 10.0 Å². The van der Waals surface area contributed by atoms with Gasteiger partial charge in [0.1, 0.15) is 0 Å². The van der Waals surface area contributed by atoms with Gasteiger partial charge in [-0.15, -0.1) is 0 Å². The molecule has 0 bridgehead atoms. The maximum atomic E-state index is 10.4. The molecule has 1 aromatic rings. The SMILES string of the molecule is CC(COC(N)=O)c1ccc(Cl)cc1Cl. The summed E-state index contributed by atoms with van der Waals surface area (Å²) in [7, 11) is 0. The molecule has 0 fully saturated rings. The smallest absolute Gasteiger partial charge is 0.404 e. The third-order valence-electron chi connectivity index (χ3n) is 1.97. The van der Waals surface area contributed by atoms with Crippen LogP contribution in [0.3, 0.4) is 0 Å². The molecule has 1 unspecified atom stereocenters. The van der Waals surface area contributed by atoms with Gasteiger partial charge in [-0.25, -0.2) is 4.79 Å². The Morgan fingerprint density at radius 2 is 2.20 bits per heavy atom. The fourth-order valence-corrected chi connectivity index (χ4v) is 1.79. The third kappa shape index (κ3) is 3.61. The van der Waals surface area contributed by atoms with E-state index in [4.69, 9.17) is 33.7 Å². The van der Waals surface area contributed by atoms with Crippen LogP contribution in [-0.4, -0.2) is 12.7 Å². The summed E-state index contributed by atoms with van der Waals surface area (Å²) in [5.74, 6) is -0.0118. The average molecular weight is 248 g/mol. The number of nitrogens with two attached hydrogens (primary N) is 1. The molecule has 0 aliphatic carbocycles. The molecule has 1 atom stereocenters. The number of primary amides is 1. The molecule has 0 spiro atoms. The molecule has 15 heavy (non-hydrogen) atoms. The minimum atomic E-state index is -0.785. The van der Waals surface area contributed by atoms with Gasteiger partial charge >= 0.3 is 6.09 Å². The van der Waals surface area contributed by atoms with Crippen LogP contribution in [0.5, 0.6) is 0 Å². The van der Waals surface area contributed by atoms with E-state index in [2.05, 4.69) is 0 Å². The lowest BCUT2D eigenvalue weighted by Crippen LogP contribution is -2.16. The summed E-state index contributed by atoms with van der Waals surface area (Å²) in [6.45, 7) is 2.09. The molecule has 0 heterocycles. The predicted octanol–water partition coefficient (Wildman–Crippen LogP) is 3.19. The number of hydrogen-bond acceptors (Lipinski definition) is 2. The van der Waals surface area contributed by atoms with Crippen LogP contribution in [0.1, 0.15) is 18.4 Å². The maximum absolute atomic E-state index is 10.4. The first-order valence-corrected chi connectivity index (χ1v) is 5.13. The highest BCUT2D eigenvalue weighted by Gasteiger charge is 2.11. The molecule has 82 valence electrons. The molecule has 1 aromatic carbocycles. The first-order chi connectivity index (χ1) is 7.00. The molecule has 0 aliphatic rings. The zero-order valence-corrected chi connectivity index (χ0v) is 9.68. The number of ether oxygens (including phenoxy) is 1. The standard InChI is InChI=1S/C10H11Cl2NO2/c1-6(5-15-10(13)14)8-3-2-7(11)4-9(8)12/h2-4,6H,5H2,1H3,(H2,13,14). The van der Waals surface area contributed by atoms with Gasteiger partial charge < -0.3 is 10.5 Å². The van der Waals surface area contributed by atoms with Crippen molar-refractivity contribution in [3.63, 3.8) is 0 Å². The number of hydrogen-bond donors (Lipinski definition) is 1. The van der Waals surface area contributed by atoms with Crippen molar-refractivity contribution in [2.24, 2.45) is 5.73 Å². The van der Waals surface area contributed by atoms with Gasteiger partial charge in [0.25, 0.3) is 0 Å². The lowest BCUT2D eigenvalue weighted by molar-refractivity contribution is 0.151. The molecule has 1 rings (SSSR count). The van der Waals surface area contributed by atoms with Crippen LogP contribution in [-0.2, 0) is 4.74 Å². The monoisotopic (exact) mass is 247 g/mol. The lowest BCUT2D eigenvalue weighted by atomic mass is 10.0. The second-order valence-electron chi connectivity index (χ2n) is 3.20. The molecule has 0 saturated heterocycles. The van der Waals surface area contributed by atoms with E-state index >= 15 is 0 Å². The highest BCUT2D eigenvalue weighted by Crippen LogP contribution is 2.27. The van der Waals surface area contributed by atoms with Crippen molar-refractivity contribution < 1.29 is 9.53 Å². The average Bonchev–Trinajstić information content (AvgIpc) is 2.14. The number of carbonyl (C=O) groups excluding carboxylic acids is 1. The van der Waals surface area contributed by atoms with Crippen molar-refractivity contribution in [1.82, 2.24) is 0 Å². The second-order valence-corrected chi connectivity index (χ2v) is 4.04. The van der Waals surface area contributed by atoms with Crippen molar-refractivity contribution in [1.29, 1.82) is 0 Å². The molecule has 5 heteroatoms. The van der Waals surface area contributed by atoms with Gasteiger partial charge in [-0.3, -0.25) is 0 Å². The van der Waals surface area contributed by atoms with Gasteiger partial charge in [-0.1, -0.05) is 36.2 Å². The van der Waals surface area contributed by atoms with Crippen LogP contribution in [0.15, 0.2) is 18.2 Å². The van der Waals surface area contributed by atoms with E-state index in [1.165, 1.54) is 0 Å². The number of halogens is 2. The lowest BCUT2D eigenvalue weighted by Gasteiger charge is -2.13. The van der Waals surface area contributed by atoms with Gasteiger partial charge in [-0.2, -0.15) is 0 Å². The minimum absolute atomic E-state index is 0.0118. The summed E-state index contributed by atoms with van der Waals surface area (Å²) in [5, 5.41) is 1.13. The molecule has 0 radical (unpaired) electrons. The van der Waals surface area contributed by atoms with Gasteiger partial charge in [0.05, 0.1) is 6.61 Å². The molecule has 2 N–H and O–H groups in total. The Labute approximate surface area is 98.1 Å². The summed E-state index contributed by atoms with van der Waals surface area (Å²) in [5.41, 5.74) is 5.74. The van der Waals surface area contributed by atoms with E-state index in [9.17, 15) is 4.79 Å². The summed E-state index contributed by atoms with van der Waals surface area (Å²) >= 11 is 11.7. The van der Waals surface area contributed by atoms with E-state index in [1.54, 1.807) is 18.2 Å². The zero-order valence-electron chi connectivity index (χ0n) is 8.17. The topological polar surface area (TPSA) is 52.3 Å². The molecular weight excluding hydrogens is 237 g/mol. The van der Waals surface area contributed by atoms with Crippen LogP contribution >= 0.6 is 23.2 Å². The van der Waals surface area contributed by atoms with E-state index in [-0.39, 0.29) is 12.5 Å². The molecule has 0 saturated carbocycles. The van der Waals surface area contributed by atoms with Crippen LogP contribution in [0.25, 0.3) is 0 Å². The fourth-order valence-electron chi connectivity index (χ4n) is 1.20. The minimum Gasteiger partial charge on any atom is -0.449 e. The van der Waals surface area contributed by atoms with Gasteiger partial charge in [0.15, 0.2) is 0 Å². The first-order valence-electron chi connectivity index (χ1n) is 4.38. The normalized spacial score (nSPS) is 12.2. The predicted molar refractivity (Wildman–Crippen MR) is 60.4 cm³/mol. The van der Waals surface area contributed by atoms with Gasteiger partial charge in [0.2, 0.25) is 0 Å². The van der Waals surface area contributed by atoms with Crippen molar-refractivity contribution >= 4 is 29.3 Å². The Hall–Kier alpha value is -0.930. The molecule has 1 amide bonds. The quantitative estimate of drug-likeness (QED) is 0.892. The Morgan fingerprint density at radius 1 is 1.53 bits per heavy atom. The number of rotatable bonds is 3. The molecular formula is C10H11Cl2NO2. The van der Waals surface area contributed by atoms with E-state index < -0.39 is 6.09 Å². The Morgan fingerprint density at radius 3 is 2.73 bits per heavy atom. The second kappa shape index (κ2) is 5.24. The Balaban J connectivity index is 2.73. The Kier molecular flexibility index (Phi) is 4.24. The van der Waals surface area contributed by atoms with Crippen LogP contribution in [0, 0.1) is 0 Å². The largest absolute Gasteiger partial charge is 0.449 e. The maximum Gasteiger partial charge on any atom is 0.404 e. The molecule has 3 nitrogen and oxygen atoms in total.